The molecule has 1 aromatic rings. The van der Waals surface area contributed by atoms with Gasteiger partial charge >= 0.3 is 0 Å². The van der Waals surface area contributed by atoms with E-state index in [1.54, 1.807) is 0 Å². The number of nitro benzene ring substituents is 1. The summed E-state index contributed by atoms with van der Waals surface area (Å²) in [7, 11) is 0. The second-order valence-electron chi connectivity index (χ2n) is 3.00. The molecule has 4 nitrogen and oxygen atoms in total. The summed E-state index contributed by atoms with van der Waals surface area (Å²) in [5.41, 5.74) is 0.168. The second kappa shape index (κ2) is 6.28. The quantitative estimate of drug-likeness (QED) is 0.470. The number of nitrogens with zero attached hydrogens (tertiary/aromatic N) is 1. The summed E-state index contributed by atoms with van der Waals surface area (Å²) in [6.45, 7) is 1.44. The first-order chi connectivity index (χ1) is 8.00. The van der Waals surface area contributed by atoms with Gasteiger partial charge in [-0.1, -0.05) is 35.2 Å². The average Bonchev–Trinajstić information content (AvgIpc) is 2.25. The van der Waals surface area contributed by atoms with Crippen LogP contribution in [-0.2, 0) is 4.79 Å². The molecule has 0 N–H and O–H groups in total. The smallest absolute Gasteiger partial charge is 0.286 e. The summed E-state index contributed by atoms with van der Waals surface area (Å²) in [6, 6.07) is 4.28. The van der Waals surface area contributed by atoms with Crippen LogP contribution in [0.1, 0.15) is 12.5 Å². The van der Waals surface area contributed by atoms with Gasteiger partial charge < -0.3 is 0 Å². The van der Waals surface area contributed by atoms with Crippen molar-refractivity contribution in [3.63, 3.8) is 0 Å². The average molecular weight is 270 g/mol. The molecule has 0 fully saturated rings. The molecular formula is C11H8ClNO3S. The van der Waals surface area contributed by atoms with Crippen molar-refractivity contribution in [2.75, 3.05) is 5.75 Å². The number of thioether (sulfide) groups is 1. The Balaban J connectivity index is 2.90. The molecule has 0 unspecified atom stereocenters. The molecule has 0 aliphatic carbocycles. The Bertz CT molecular complexity index is 519. The van der Waals surface area contributed by atoms with Crippen LogP contribution in [0.15, 0.2) is 18.2 Å². The van der Waals surface area contributed by atoms with E-state index in [0.29, 0.717) is 16.3 Å². The minimum Gasteiger partial charge on any atom is -0.288 e. The van der Waals surface area contributed by atoms with Crippen molar-refractivity contribution in [2.24, 2.45) is 0 Å². The third-order valence-electron chi connectivity index (χ3n) is 1.73. The summed E-state index contributed by atoms with van der Waals surface area (Å²) in [5.74, 6) is 5.66. The van der Waals surface area contributed by atoms with Crippen LogP contribution in [0.25, 0.3) is 0 Å². The molecule has 1 aromatic carbocycles. The summed E-state index contributed by atoms with van der Waals surface area (Å²) >= 11 is 6.72. The SMILES string of the molecule is CC(=O)SCC#Cc1ccc(Cl)cc1[N+](=O)[O-]. The van der Waals surface area contributed by atoms with E-state index in [4.69, 9.17) is 11.6 Å². The Morgan fingerprint density at radius 2 is 2.29 bits per heavy atom. The molecular weight excluding hydrogens is 262 g/mol. The van der Waals surface area contributed by atoms with Crippen molar-refractivity contribution in [3.05, 3.63) is 38.9 Å². The number of carbonyl (C=O) groups is 1. The highest BCUT2D eigenvalue weighted by Crippen LogP contribution is 2.22. The molecule has 0 amide bonds. The molecule has 0 heterocycles. The summed E-state index contributed by atoms with van der Waals surface area (Å²) in [4.78, 5) is 20.8. The molecule has 0 bridgehead atoms. The molecule has 6 heteroatoms. The topological polar surface area (TPSA) is 60.2 Å². The van der Waals surface area contributed by atoms with Gasteiger partial charge in [0.2, 0.25) is 0 Å². The molecule has 0 atom stereocenters. The van der Waals surface area contributed by atoms with Crippen LogP contribution < -0.4 is 0 Å². The predicted octanol–water partition coefficient (Wildman–Crippen LogP) is 2.88. The monoisotopic (exact) mass is 269 g/mol. The third kappa shape index (κ3) is 4.47. The van der Waals surface area contributed by atoms with Gasteiger partial charge in [0, 0.05) is 18.0 Å². The lowest BCUT2D eigenvalue weighted by atomic mass is 10.2. The number of benzene rings is 1. The Hall–Kier alpha value is -1.51. The van der Waals surface area contributed by atoms with Crippen LogP contribution in [0, 0.1) is 22.0 Å². The Morgan fingerprint density at radius 1 is 1.59 bits per heavy atom. The van der Waals surface area contributed by atoms with Crippen molar-refractivity contribution >= 4 is 34.2 Å². The first-order valence-electron chi connectivity index (χ1n) is 4.57. The van der Waals surface area contributed by atoms with Crippen molar-refractivity contribution in [3.8, 4) is 11.8 Å². The molecule has 88 valence electrons. The molecule has 0 spiro atoms. The number of hydrogen-bond acceptors (Lipinski definition) is 4. The fourth-order valence-corrected chi connectivity index (χ4v) is 1.54. The molecule has 1 rings (SSSR count). The Kier molecular flexibility index (Phi) is 5.01. The van der Waals surface area contributed by atoms with E-state index in [9.17, 15) is 14.9 Å². The summed E-state index contributed by atoms with van der Waals surface area (Å²) < 4.78 is 0. The first-order valence-corrected chi connectivity index (χ1v) is 5.93. The lowest BCUT2D eigenvalue weighted by molar-refractivity contribution is -0.385. The molecule has 17 heavy (non-hydrogen) atoms. The molecule has 0 saturated heterocycles. The van der Waals surface area contributed by atoms with E-state index in [-0.39, 0.29) is 10.8 Å². The lowest BCUT2D eigenvalue weighted by Gasteiger charge is -1.95. The molecule has 0 aromatic heterocycles. The van der Waals surface area contributed by atoms with Crippen LogP contribution in [0.2, 0.25) is 5.02 Å². The van der Waals surface area contributed by atoms with Gasteiger partial charge in [0.25, 0.3) is 5.69 Å². The van der Waals surface area contributed by atoms with Gasteiger partial charge in [0.15, 0.2) is 5.12 Å². The molecule has 0 saturated carbocycles. The number of halogens is 1. The highest BCUT2D eigenvalue weighted by atomic mass is 35.5. The van der Waals surface area contributed by atoms with Crippen LogP contribution in [0.4, 0.5) is 5.69 Å². The zero-order valence-corrected chi connectivity index (χ0v) is 10.5. The van der Waals surface area contributed by atoms with Gasteiger partial charge in [-0.15, -0.1) is 0 Å². The van der Waals surface area contributed by atoms with Crippen molar-refractivity contribution in [1.29, 1.82) is 0 Å². The van der Waals surface area contributed by atoms with Gasteiger partial charge in [-0.2, -0.15) is 0 Å². The predicted molar refractivity (Wildman–Crippen MR) is 68.1 cm³/mol. The number of nitro groups is 1. The largest absolute Gasteiger partial charge is 0.288 e. The fraction of sp³-hybridized carbons (Fsp3) is 0.182. The van der Waals surface area contributed by atoms with E-state index in [1.165, 1.54) is 25.1 Å². The number of carbonyl (C=O) groups excluding carboxylic acids is 1. The maximum Gasteiger partial charge on any atom is 0.286 e. The van der Waals surface area contributed by atoms with Gasteiger partial charge in [-0.3, -0.25) is 14.9 Å². The zero-order valence-electron chi connectivity index (χ0n) is 8.90. The second-order valence-corrected chi connectivity index (χ2v) is 4.59. The Morgan fingerprint density at radius 3 is 2.88 bits per heavy atom. The molecule has 0 aliphatic rings. The minimum absolute atomic E-state index is 0.0371. The molecule has 0 radical (unpaired) electrons. The van der Waals surface area contributed by atoms with E-state index in [1.807, 2.05) is 0 Å². The van der Waals surface area contributed by atoms with Crippen LogP contribution >= 0.6 is 23.4 Å². The highest BCUT2D eigenvalue weighted by Gasteiger charge is 2.11. The van der Waals surface area contributed by atoms with E-state index in [2.05, 4.69) is 11.8 Å². The first kappa shape index (κ1) is 13.6. The minimum atomic E-state index is -0.534. The van der Waals surface area contributed by atoms with E-state index in [0.717, 1.165) is 11.8 Å². The van der Waals surface area contributed by atoms with Crippen molar-refractivity contribution in [1.82, 2.24) is 0 Å². The third-order valence-corrected chi connectivity index (χ3v) is 2.66. The standard InChI is InChI=1S/C11H8ClNO3S/c1-8(14)17-6-2-3-9-4-5-10(12)7-11(9)13(15)16/h4-5,7H,6H2,1H3. The van der Waals surface area contributed by atoms with Crippen LogP contribution in [0.5, 0.6) is 0 Å². The maximum absolute atomic E-state index is 10.7. The van der Waals surface area contributed by atoms with Crippen LogP contribution in [-0.4, -0.2) is 15.8 Å². The molecule has 0 aliphatic heterocycles. The number of rotatable bonds is 2. The zero-order chi connectivity index (χ0) is 12.8. The van der Waals surface area contributed by atoms with E-state index >= 15 is 0 Å². The van der Waals surface area contributed by atoms with Gasteiger partial charge in [0.05, 0.1) is 10.7 Å². The van der Waals surface area contributed by atoms with Gasteiger partial charge in [-0.05, 0) is 12.1 Å². The summed E-state index contributed by atoms with van der Waals surface area (Å²) in [5, 5.41) is 11.0. The van der Waals surface area contributed by atoms with Gasteiger partial charge in [-0.25, -0.2) is 0 Å². The summed E-state index contributed by atoms with van der Waals surface area (Å²) in [6.07, 6.45) is 0. The fourth-order valence-electron chi connectivity index (χ4n) is 1.03. The van der Waals surface area contributed by atoms with E-state index < -0.39 is 4.92 Å². The highest BCUT2D eigenvalue weighted by molar-refractivity contribution is 8.13. The van der Waals surface area contributed by atoms with Crippen LogP contribution in [0.3, 0.4) is 0 Å². The number of hydrogen-bond donors (Lipinski definition) is 0. The van der Waals surface area contributed by atoms with Crippen molar-refractivity contribution in [2.45, 2.75) is 6.92 Å². The van der Waals surface area contributed by atoms with Gasteiger partial charge in [0.1, 0.15) is 5.56 Å². The van der Waals surface area contributed by atoms with Crippen molar-refractivity contribution < 1.29 is 9.72 Å². The lowest BCUT2D eigenvalue weighted by Crippen LogP contribution is -1.92. The normalized spacial score (nSPS) is 9.29. The Labute approximate surface area is 107 Å². The maximum atomic E-state index is 10.7.